The van der Waals surface area contributed by atoms with E-state index in [-0.39, 0.29) is 17.8 Å². The lowest BCUT2D eigenvalue weighted by Crippen LogP contribution is -2.44. The number of nitrogens with two attached hydrogens (primary N) is 1. The Bertz CT molecular complexity index is 519. The number of benzene rings is 1. The highest BCUT2D eigenvalue weighted by molar-refractivity contribution is 5.99. The van der Waals surface area contributed by atoms with Crippen LogP contribution in [-0.2, 0) is 0 Å². The van der Waals surface area contributed by atoms with Crippen LogP contribution in [0.1, 0.15) is 28.8 Å². The monoisotopic (exact) mass is 290 g/mol. The maximum atomic E-state index is 12.5. The first-order valence-electron chi connectivity index (χ1n) is 7.06. The van der Waals surface area contributed by atoms with Crippen molar-refractivity contribution in [2.75, 3.05) is 27.2 Å². The van der Waals surface area contributed by atoms with Crippen LogP contribution < -0.4 is 5.73 Å². The molecule has 1 heterocycles. The Morgan fingerprint density at radius 1 is 1.29 bits per heavy atom. The van der Waals surface area contributed by atoms with Crippen LogP contribution in [0.15, 0.2) is 29.4 Å². The molecular weight excluding hydrogens is 268 g/mol. The predicted molar refractivity (Wildman–Crippen MR) is 81.6 cm³/mol. The summed E-state index contributed by atoms with van der Waals surface area (Å²) in [5, 5.41) is 11.6. The van der Waals surface area contributed by atoms with Gasteiger partial charge in [-0.25, -0.2) is 0 Å². The largest absolute Gasteiger partial charge is 0.409 e. The minimum absolute atomic E-state index is 0.00983. The van der Waals surface area contributed by atoms with Gasteiger partial charge < -0.3 is 20.7 Å². The van der Waals surface area contributed by atoms with E-state index in [0.717, 1.165) is 25.9 Å². The number of carbonyl (C=O) groups excluding carboxylic acids is 1. The van der Waals surface area contributed by atoms with Gasteiger partial charge in [-0.1, -0.05) is 17.3 Å². The van der Waals surface area contributed by atoms with Crippen LogP contribution in [0.3, 0.4) is 0 Å². The summed E-state index contributed by atoms with van der Waals surface area (Å²) in [5.74, 6) is 0.0493. The van der Waals surface area contributed by atoms with Crippen LogP contribution in [0.5, 0.6) is 0 Å². The standard InChI is InChI=1S/C15H22N4O2/c1-18-9-7-13(8-10-18)19(2)15(20)12-5-3-11(4-6-12)14(16)17-21/h3-6,13,21H,7-10H2,1-2H3,(H2,16,17). The van der Waals surface area contributed by atoms with Crippen molar-refractivity contribution in [1.29, 1.82) is 0 Å². The smallest absolute Gasteiger partial charge is 0.253 e. The summed E-state index contributed by atoms with van der Waals surface area (Å²) in [7, 11) is 3.96. The van der Waals surface area contributed by atoms with Crippen LogP contribution in [0, 0.1) is 0 Å². The fourth-order valence-corrected chi connectivity index (χ4v) is 2.59. The molecule has 0 radical (unpaired) electrons. The van der Waals surface area contributed by atoms with Crippen molar-refractivity contribution in [2.24, 2.45) is 10.9 Å². The quantitative estimate of drug-likeness (QED) is 0.376. The normalized spacial score (nSPS) is 17.7. The van der Waals surface area contributed by atoms with Gasteiger partial charge in [0.05, 0.1) is 0 Å². The van der Waals surface area contributed by atoms with Gasteiger partial charge in [0.25, 0.3) is 5.91 Å². The number of hydrogen-bond acceptors (Lipinski definition) is 4. The molecule has 21 heavy (non-hydrogen) atoms. The number of hydrogen-bond donors (Lipinski definition) is 2. The third-order valence-corrected chi connectivity index (χ3v) is 4.09. The number of amides is 1. The molecule has 0 atom stereocenters. The topological polar surface area (TPSA) is 82.2 Å². The Morgan fingerprint density at radius 2 is 1.81 bits per heavy atom. The number of likely N-dealkylation sites (tertiary alicyclic amines) is 1. The van der Waals surface area contributed by atoms with Crippen molar-refractivity contribution < 1.29 is 10.0 Å². The van der Waals surface area contributed by atoms with Crippen LogP contribution >= 0.6 is 0 Å². The first-order valence-corrected chi connectivity index (χ1v) is 7.06. The fraction of sp³-hybridized carbons (Fsp3) is 0.467. The molecule has 1 aliphatic heterocycles. The number of carbonyl (C=O) groups is 1. The number of piperidine rings is 1. The van der Waals surface area contributed by atoms with Gasteiger partial charge in [-0.2, -0.15) is 0 Å². The summed E-state index contributed by atoms with van der Waals surface area (Å²) in [6.45, 7) is 2.04. The van der Waals surface area contributed by atoms with E-state index in [0.29, 0.717) is 11.1 Å². The van der Waals surface area contributed by atoms with Crippen LogP contribution in [0.2, 0.25) is 0 Å². The summed E-state index contributed by atoms with van der Waals surface area (Å²) in [6.07, 6.45) is 2.00. The highest BCUT2D eigenvalue weighted by Crippen LogP contribution is 2.17. The molecule has 1 aromatic rings. The van der Waals surface area contributed by atoms with E-state index < -0.39 is 0 Å². The Morgan fingerprint density at radius 3 is 2.33 bits per heavy atom. The zero-order valence-corrected chi connectivity index (χ0v) is 12.5. The minimum atomic E-state index is 0.00983. The third kappa shape index (κ3) is 3.52. The van der Waals surface area contributed by atoms with Gasteiger partial charge in [0.15, 0.2) is 5.84 Å². The van der Waals surface area contributed by atoms with Crippen LogP contribution in [-0.4, -0.2) is 60.0 Å². The van der Waals surface area contributed by atoms with Gasteiger partial charge in [-0.3, -0.25) is 4.79 Å². The lowest BCUT2D eigenvalue weighted by molar-refractivity contribution is 0.0659. The van der Waals surface area contributed by atoms with Gasteiger partial charge >= 0.3 is 0 Å². The maximum absolute atomic E-state index is 12.5. The van der Waals surface area contributed by atoms with E-state index in [2.05, 4.69) is 17.1 Å². The Labute approximate surface area is 124 Å². The van der Waals surface area contributed by atoms with Crippen molar-refractivity contribution in [2.45, 2.75) is 18.9 Å². The first kappa shape index (κ1) is 15.3. The van der Waals surface area contributed by atoms with Crippen molar-refractivity contribution in [1.82, 2.24) is 9.80 Å². The minimum Gasteiger partial charge on any atom is -0.409 e. The van der Waals surface area contributed by atoms with Crippen LogP contribution in [0.25, 0.3) is 0 Å². The highest BCUT2D eigenvalue weighted by atomic mass is 16.4. The molecule has 3 N–H and O–H groups in total. The Kier molecular flexibility index (Phi) is 4.80. The number of amidine groups is 1. The summed E-state index contributed by atoms with van der Waals surface area (Å²) in [6, 6.07) is 7.08. The second-order valence-electron chi connectivity index (χ2n) is 5.51. The zero-order chi connectivity index (χ0) is 15.4. The molecule has 114 valence electrons. The molecule has 0 aromatic heterocycles. The molecule has 6 heteroatoms. The van der Waals surface area contributed by atoms with Crippen molar-refractivity contribution >= 4 is 11.7 Å². The predicted octanol–water partition coefficient (Wildman–Crippen LogP) is 0.947. The van der Waals surface area contributed by atoms with E-state index in [1.807, 2.05) is 11.9 Å². The highest BCUT2D eigenvalue weighted by Gasteiger charge is 2.24. The second kappa shape index (κ2) is 6.58. The van der Waals surface area contributed by atoms with E-state index in [1.165, 1.54) is 0 Å². The fourth-order valence-electron chi connectivity index (χ4n) is 2.59. The van der Waals surface area contributed by atoms with E-state index in [4.69, 9.17) is 10.9 Å². The van der Waals surface area contributed by atoms with Crippen molar-refractivity contribution in [3.05, 3.63) is 35.4 Å². The second-order valence-corrected chi connectivity index (χ2v) is 5.51. The molecule has 1 aromatic carbocycles. The molecule has 0 saturated carbocycles. The third-order valence-electron chi connectivity index (χ3n) is 4.09. The molecule has 1 aliphatic rings. The first-order chi connectivity index (χ1) is 10.0. The molecule has 2 rings (SSSR count). The number of oxime groups is 1. The molecule has 0 aliphatic carbocycles. The van der Waals surface area contributed by atoms with Crippen molar-refractivity contribution in [3.63, 3.8) is 0 Å². The van der Waals surface area contributed by atoms with Gasteiger partial charge in [-0.05, 0) is 45.1 Å². The van der Waals surface area contributed by atoms with E-state index in [9.17, 15) is 4.79 Å². The number of rotatable bonds is 3. The molecule has 6 nitrogen and oxygen atoms in total. The number of nitrogens with zero attached hydrogens (tertiary/aromatic N) is 3. The summed E-state index contributed by atoms with van der Waals surface area (Å²) < 4.78 is 0. The van der Waals surface area contributed by atoms with E-state index >= 15 is 0 Å². The molecule has 1 fully saturated rings. The Hall–Kier alpha value is -2.08. The van der Waals surface area contributed by atoms with Gasteiger partial charge in [0.1, 0.15) is 0 Å². The van der Waals surface area contributed by atoms with Gasteiger partial charge in [-0.15, -0.1) is 0 Å². The lowest BCUT2D eigenvalue weighted by Gasteiger charge is -2.35. The molecule has 0 unspecified atom stereocenters. The van der Waals surface area contributed by atoms with Crippen LogP contribution in [0.4, 0.5) is 0 Å². The molecule has 0 bridgehead atoms. The summed E-state index contributed by atoms with van der Waals surface area (Å²) >= 11 is 0. The zero-order valence-electron chi connectivity index (χ0n) is 12.5. The average molecular weight is 290 g/mol. The average Bonchev–Trinajstić information content (AvgIpc) is 2.53. The Balaban J connectivity index is 2.05. The molecular formula is C15H22N4O2. The molecule has 1 saturated heterocycles. The maximum Gasteiger partial charge on any atom is 0.253 e. The SMILES string of the molecule is CN1CCC(N(C)C(=O)c2ccc(/C(N)=N/O)cc2)CC1. The van der Waals surface area contributed by atoms with Gasteiger partial charge in [0, 0.05) is 24.2 Å². The summed E-state index contributed by atoms with van der Waals surface area (Å²) in [5.41, 5.74) is 6.72. The lowest BCUT2D eigenvalue weighted by atomic mass is 10.0. The van der Waals surface area contributed by atoms with Crippen molar-refractivity contribution in [3.8, 4) is 0 Å². The molecule has 0 spiro atoms. The van der Waals surface area contributed by atoms with Gasteiger partial charge in [0.2, 0.25) is 0 Å². The summed E-state index contributed by atoms with van der Waals surface area (Å²) in [4.78, 5) is 16.6. The molecule has 1 amide bonds. The van der Waals surface area contributed by atoms with E-state index in [1.54, 1.807) is 24.3 Å².